The molecule has 0 radical (unpaired) electrons. The van der Waals surface area contributed by atoms with Crippen molar-refractivity contribution in [1.29, 1.82) is 0 Å². The van der Waals surface area contributed by atoms with Gasteiger partial charge in [-0.3, -0.25) is 4.79 Å². The van der Waals surface area contributed by atoms with Crippen LogP contribution in [0.5, 0.6) is 5.75 Å². The number of hydrogen-bond donors (Lipinski definition) is 1. The fourth-order valence-corrected chi connectivity index (χ4v) is 6.12. The van der Waals surface area contributed by atoms with E-state index >= 15 is 0 Å². The minimum atomic E-state index is -3.90. The minimum absolute atomic E-state index is 0.198. The maximum absolute atomic E-state index is 13.8. The Morgan fingerprint density at radius 3 is 2.14 bits per heavy atom. The van der Waals surface area contributed by atoms with E-state index < -0.39 is 10.0 Å². The molecule has 0 bridgehead atoms. The highest BCUT2D eigenvalue weighted by molar-refractivity contribution is 7.89. The largest absolute Gasteiger partial charge is 0.497 e. The van der Waals surface area contributed by atoms with Crippen LogP contribution in [0, 0.1) is 20.8 Å². The molecule has 0 unspecified atom stereocenters. The number of amides is 1. The molecule has 0 aliphatic heterocycles. The molecule has 0 aliphatic rings. The number of carbonyl (C=O) groups excluding carboxylic acids is 1. The number of nitrogens with one attached hydrogen (secondary N) is 1. The average Bonchev–Trinajstić information content (AvgIpc) is 2.81. The lowest BCUT2D eigenvalue weighted by Crippen LogP contribution is -2.42. The predicted molar refractivity (Wildman–Crippen MR) is 139 cm³/mol. The summed E-state index contributed by atoms with van der Waals surface area (Å²) in [7, 11) is -2.30. The Morgan fingerprint density at radius 2 is 1.57 bits per heavy atom. The van der Waals surface area contributed by atoms with Gasteiger partial charge in [0, 0.05) is 6.54 Å². The zero-order chi connectivity index (χ0) is 25.6. The van der Waals surface area contributed by atoms with Crippen LogP contribution >= 0.6 is 0 Å². The van der Waals surface area contributed by atoms with Gasteiger partial charge in [-0.05, 0) is 68.5 Å². The summed E-state index contributed by atoms with van der Waals surface area (Å²) in [5.74, 6) is 0.377. The van der Waals surface area contributed by atoms with Gasteiger partial charge in [0.15, 0.2) is 0 Å². The molecule has 0 fully saturated rings. The smallest absolute Gasteiger partial charge is 0.244 e. The first kappa shape index (κ1) is 26.4. The minimum Gasteiger partial charge on any atom is -0.497 e. The van der Waals surface area contributed by atoms with E-state index in [0.29, 0.717) is 17.5 Å². The number of hydrogen-bond acceptors (Lipinski definition) is 4. The summed E-state index contributed by atoms with van der Waals surface area (Å²) in [4.78, 5) is 13.3. The third kappa shape index (κ3) is 6.71. The number of sulfonamides is 1. The van der Waals surface area contributed by atoms with E-state index in [-0.39, 0.29) is 29.9 Å². The zero-order valence-corrected chi connectivity index (χ0v) is 21.9. The molecule has 0 saturated carbocycles. The number of methoxy groups -OCH3 is 1. The zero-order valence-electron chi connectivity index (χ0n) is 21.0. The van der Waals surface area contributed by atoms with Crippen LogP contribution in [0.1, 0.15) is 40.8 Å². The molecule has 7 heteroatoms. The second kappa shape index (κ2) is 11.5. The molecule has 0 spiro atoms. The van der Waals surface area contributed by atoms with Crippen LogP contribution in [-0.2, 0) is 21.2 Å². The Hall–Kier alpha value is -3.16. The van der Waals surface area contributed by atoms with E-state index in [4.69, 9.17) is 4.74 Å². The number of benzene rings is 3. The maximum atomic E-state index is 13.8. The standard InChI is InChI=1S/C28H34N2O4S/c1-20-17-21(2)28(22(3)18-20)35(32,33)30(16-15-24-9-7-6-8-10-24)19-27(31)29-23(4)25-11-13-26(34-5)14-12-25/h6-14,17-18,23H,15-16,19H2,1-5H3,(H,29,31)/t23-/m0/s1. The van der Waals surface area contributed by atoms with Crippen molar-refractivity contribution < 1.29 is 17.9 Å². The van der Waals surface area contributed by atoms with Crippen LogP contribution in [0.25, 0.3) is 0 Å². The summed E-state index contributed by atoms with van der Waals surface area (Å²) in [6.45, 7) is 7.35. The van der Waals surface area contributed by atoms with Gasteiger partial charge in [-0.1, -0.05) is 60.2 Å². The molecule has 1 amide bonds. The van der Waals surface area contributed by atoms with E-state index in [1.807, 2.05) is 80.6 Å². The van der Waals surface area contributed by atoms with E-state index in [1.54, 1.807) is 21.0 Å². The van der Waals surface area contributed by atoms with Gasteiger partial charge < -0.3 is 10.1 Å². The Balaban J connectivity index is 1.84. The molecule has 1 N–H and O–H groups in total. The van der Waals surface area contributed by atoms with E-state index in [9.17, 15) is 13.2 Å². The van der Waals surface area contributed by atoms with Gasteiger partial charge in [0.25, 0.3) is 0 Å². The summed E-state index contributed by atoms with van der Waals surface area (Å²) in [5, 5.41) is 2.94. The van der Waals surface area contributed by atoms with Crippen LogP contribution < -0.4 is 10.1 Å². The van der Waals surface area contributed by atoms with Crippen molar-refractivity contribution in [3.63, 3.8) is 0 Å². The summed E-state index contributed by atoms with van der Waals surface area (Å²) in [6.07, 6.45) is 0.505. The monoisotopic (exact) mass is 494 g/mol. The third-order valence-corrected chi connectivity index (χ3v) is 8.16. The second-order valence-electron chi connectivity index (χ2n) is 8.86. The average molecular weight is 495 g/mol. The molecule has 3 aromatic carbocycles. The van der Waals surface area contributed by atoms with Crippen molar-refractivity contribution in [3.8, 4) is 5.75 Å². The third-order valence-electron chi connectivity index (χ3n) is 6.01. The molecule has 1 atom stereocenters. The lowest BCUT2D eigenvalue weighted by atomic mass is 10.1. The van der Waals surface area contributed by atoms with E-state index in [2.05, 4.69) is 5.32 Å². The Bertz CT molecular complexity index is 1230. The second-order valence-corrected chi connectivity index (χ2v) is 10.7. The van der Waals surface area contributed by atoms with Crippen LogP contribution in [-0.4, -0.2) is 38.8 Å². The molecule has 0 heterocycles. The molecule has 186 valence electrons. The van der Waals surface area contributed by atoms with Gasteiger partial charge in [0.2, 0.25) is 15.9 Å². The van der Waals surface area contributed by atoms with Gasteiger partial charge >= 0.3 is 0 Å². The highest BCUT2D eigenvalue weighted by Crippen LogP contribution is 2.26. The van der Waals surface area contributed by atoms with Crippen molar-refractivity contribution in [2.24, 2.45) is 0 Å². The van der Waals surface area contributed by atoms with Gasteiger partial charge in [-0.15, -0.1) is 0 Å². The molecular formula is C28H34N2O4S. The summed E-state index contributed by atoms with van der Waals surface area (Å²) < 4.78 is 34.1. The van der Waals surface area contributed by atoms with Crippen molar-refractivity contribution in [2.45, 2.75) is 45.1 Å². The van der Waals surface area contributed by atoms with Crippen LogP contribution in [0.4, 0.5) is 0 Å². The predicted octanol–water partition coefficient (Wildman–Crippen LogP) is 4.73. The highest BCUT2D eigenvalue weighted by atomic mass is 32.2. The first-order valence-corrected chi connectivity index (χ1v) is 13.1. The van der Waals surface area contributed by atoms with Crippen LogP contribution in [0.3, 0.4) is 0 Å². The Kier molecular flexibility index (Phi) is 8.70. The number of nitrogens with zero attached hydrogens (tertiary/aromatic N) is 1. The quantitative estimate of drug-likeness (QED) is 0.442. The number of aryl methyl sites for hydroxylation is 3. The fraction of sp³-hybridized carbons (Fsp3) is 0.321. The Labute approximate surface area is 209 Å². The molecule has 3 aromatic rings. The molecule has 0 saturated heterocycles. The van der Waals surface area contributed by atoms with Crippen LogP contribution in [0.15, 0.2) is 71.6 Å². The molecule has 3 rings (SSSR count). The normalized spacial score (nSPS) is 12.4. The molecule has 0 aromatic heterocycles. The Morgan fingerprint density at radius 1 is 0.971 bits per heavy atom. The summed E-state index contributed by atoms with van der Waals surface area (Å²) in [6, 6.07) is 20.5. The van der Waals surface area contributed by atoms with Crippen molar-refractivity contribution in [3.05, 3.63) is 94.5 Å². The highest BCUT2D eigenvalue weighted by Gasteiger charge is 2.30. The molecule has 6 nitrogen and oxygen atoms in total. The van der Waals surface area contributed by atoms with E-state index in [0.717, 1.165) is 22.4 Å². The van der Waals surface area contributed by atoms with Crippen LogP contribution in [0.2, 0.25) is 0 Å². The van der Waals surface area contributed by atoms with Gasteiger partial charge in [-0.25, -0.2) is 8.42 Å². The SMILES string of the molecule is COc1ccc([C@H](C)NC(=O)CN(CCc2ccccc2)S(=O)(=O)c2c(C)cc(C)cc2C)cc1. The first-order valence-electron chi connectivity index (χ1n) is 11.7. The van der Waals surface area contributed by atoms with Gasteiger partial charge in [-0.2, -0.15) is 4.31 Å². The van der Waals surface area contributed by atoms with Gasteiger partial charge in [0.05, 0.1) is 24.6 Å². The van der Waals surface area contributed by atoms with Crippen molar-refractivity contribution in [1.82, 2.24) is 9.62 Å². The van der Waals surface area contributed by atoms with Gasteiger partial charge in [0.1, 0.15) is 5.75 Å². The molecule has 35 heavy (non-hydrogen) atoms. The molecular weight excluding hydrogens is 460 g/mol. The first-order chi connectivity index (χ1) is 16.6. The maximum Gasteiger partial charge on any atom is 0.244 e. The number of ether oxygens (including phenoxy) is 1. The number of carbonyl (C=O) groups is 1. The topological polar surface area (TPSA) is 75.7 Å². The summed E-state index contributed by atoms with van der Waals surface area (Å²) in [5.41, 5.74) is 4.28. The summed E-state index contributed by atoms with van der Waals surface area (Å²) >= 11 is 0. The number of rotatable bonds is 10. The molecule has 0 aliphatic carbocycles. The van der Waals surface area contributed by atoms with Crippen molar-refractivity contribution >= 4 is 15.9 Å². The lowest BCUT2D eigenvalue weighted by molar-refractivity contribution is -0.121. The van der Waals surface area contributed by atoms with Crippen molar-refractivity contribution in [2.75, 3.05) is 20.2 Å². The van der Waals surface area contributed by atoms with E-state index in [1.165, 1.54) is 4.31 Å². The fourth-order valence-electron chi connectivity index (χ4n) is 4.31. The lowest BCUT2D eigenvalue weighted by Gasteiger charge is -2.25.